The molecule has 0 amide bonds. The molecular formula is C15H20FN3. The number of benzene rings is 1. The summed E-state index contributed by atoms with van der Waals surface area (Å²) in [6.45, 7) is 0.993. The topological polar surface area (TPSA) is 53.1 Å². The van der Waals surface area contributed by atoms with Gasteiger partial charge in [-0.05, 0) is 49.8 Å². The van der Waals surface area contributed by atoms with Gasteiger partial charge in [-0.1, -0.05) is 6.42 Å². The van der Waals surface area contributed by atoms with Gasteiger partial charge in [-0.15, -0.1) is 0 Å². The number of halogens is 1. The molecule has 1 saturated carbocycles. The molecule has 2 aliphatic rings. The third kappa shape index (κ3) is 2.20. The van der Waals surface area contributed by atoms with Crippen molar-refractivity contribution >= 4 is 11.5 Å². The van der Waals surface area contributed by atoms with Crippen LogP contribution in [0.2, 0.25) is 0 Å². The fraction of sp³-hybridized carbons (Fsp3) is 0.533. The zero-order chi connectivity index (χ0) is 13.4. The maximum absolute atomic E-state index is 13.4. The molecule has 2 unspecified atom stereocenters. The third-order valence-corrected chi connectivity index (χ3v) is 4.55. The van der Waals surface area contributed by atoms with E-state index in [2.05, 4.69) is 4.90 Å². The van der Waals surface area contributed by atoms with Crippen molar-refractivity contribution in [1.82, 2.24) is 0 Å². The van der Waals surface area contributed by atoms with Crippen LogP contribution in [0.4, 0.5) is 10.1 Å². The summed E-state index contributed by atoms with van der Waals surface area (Å²) in [6.07, 6.45) is 6.27. The summed E-state index contributed by atoms with van der Waals surface area (Å²) in [5.41, 5.74) is 7.09. The molecule has 0 spiro atoms. The molecule has 0 aromatic heterocycles. The first kappa shape index (κ1) is 12.5. The van der Waals surface area contributed by atoms with Crippen LogP contribution in [0.5, 0.6) is 0 Å². The van der Waals surface area contributed by atoms with Crippen molar-refractivity contribution in [2.75, 3.05) is 11.4 Å². The first-order valence-electron chi connectivity index (χ1n) is 7.07. The van der Waals surface area contributed by atoms with E-state index in [9.17, 15) is 4.39 Å². The standard InChI is InChI=1S/C15H20FN3/c16-11-6-7-14(12(9-11)15(17)18)19-8-2-4-10-3-1-5-13(10)19/h6-7,9-10,13H,1-5,8H2,(H3,17,18). The van der Waals surface area contributed by atoms with Gasteiger partial charge in [-0.25, -0.2) is 4.39 Å². The predicted molar refractivity (Wildman–Crippen MR) is 75.1 cm³/mol. The zero-order valence-corrected chi connectivity index (χ0v) is 11.0. The molecule has 102 valence electrons. The smallest absolute Gasteiger partial charge is 0.125 e. The van der Waals surface area contributed by atoms with E-state index in [1.165, 1.54) is 44.2 Å². The van der Waals surface area contributed by atoms with Crippen LogP contribution in [-0.2, 0) is 0 Å². The van der Waals surface area contributed by atoms with Crippen molar-refractivity contribution in [1.29, 1.82) is 5.41 Å². The van der Waals surface area contributed by atoms with Crippen LogP contribution < -0.4 is 10.6 Å². The molecule has 1 heterocycles. The van der Waals surface area contributed by atoms with E-state index in [0.717, 1.165) is 18.2 Å². The van der Waals surface area contributed by atoms with Gasteiger partial charge in [-0.3, -0.25) is 5.41 Å². The van der Waals surface area contributed by atoms with Gasteiger partial charge in [0.2, 0.25) is 0 Å². The fourth-order valence-corrected chi connectivity index (χ4v) is 3.73. The van der Waals surface area contributed by atoms with Crippen LogP contribution in [0.3, 0.4) is 0 Å². The molecule has 2 atom stereocenters. The number of hydrogen-bond acceptors (Lipinski definition) is 2. The second kappa shape index (κ2) is 4.83. The Kier molecular flexibility index (Phi) is 3.17. The van der Waals surface area contributed by atoms with Crippen LogP contribution in [-0.4, -0.2) is 18.4 Å². The number of amidine groups is 1. The summed E-state index contributed by atoms with van der Waals surface area (Å²) in [5.74, 6) is 0.391. The van der Waals surface area contributed by atoms with Gasteiger partial charge in [0.1, 0.15) is 11.7 Å². The number of nitrogen functional groups attached to an aromatic ring is 1. The Hall–Kier alpha value is -1.58. The highest BCUT2D eigenvalue weighted by molar-refractivity contribution is 6.00. The second-order valence-electron chi connectivity index (χ2n) is 5.67. The van der Waals surface area contributed by atoms with E-state index in [4.69, 9.17) is 11.1 Å². The van der Waals surface area contributed by atoms with Gasteiger partial charge < -0.3 is 10.6 Å². The molecule has 19 heavy (non-hydrogen) atoms. The minimum Gasteiger partial charge on any atom is -0.384 e. The summed E-state index contributed by atoms with van der Waals surface area (Å²) in [4.78, 5) is 2.36. The van der Waals surface area contributed by atoms with Gasteiger partial charge in [0.05, 0.1) is 0 Å². The number of nitrogens with one attached hydrogen (secondary N) is 1. The normalized spacial score (nSPS) is 26.3. The minimum atomic E-state index is -0.325. The van der Waals surface area contributed by atoms with Gasteiger partial charge in [0.25, 0.3) is 0 Å². The molecule has 3 nitrogen and oxygen atoms in total. The van der Waals surface area contributed by atoms with Gasteiger partial charge in [0.15, 0.2) is 0 Å². The monoisotopic (exact) mass is 261 g/mol. The highest BCUT2D eigenvalue weighted by Crippen LogP contribution is 2.40. The summed E-state index contributed by atoms with van der Waals surface area (Å²) in [7, 11) is 0. The van der Waals surface area contributed by atoms with Crippen LogP contribution >= 0.6 is 0 Å². The molecule has 0 bridgehead atoms. The number of nitrogens with two attached hydrogens (primary N) is 1. The Bertz CT molecular complexity index is 500. The quantitative estimate of drug-likeness (QED) is 0.635. The highest BCUT2D eigenvalue weighted by atomic mass is 19.1. The van der Waals surface area contributed by atoms with E-state index in [1.807, 2.05) is 0 Å². The Labute approximate surface area is 113 Å². The molecule has 2 fully saturated rings. The summed E-state index contributed by atoms with van der Waals surface area (Å²) in [5, 5.41) is 7.66. The van der Waals surface area contributed by atoms with E-state index in [1.54, 1.807) is 6.07 Å². The largest absolute Gasteiger partial charge is 0.384 e. The molecule has 1 aromatic carbocycles. The van der Waals surface area contributed by atoms with Crippen molar-refractivity contribution < 1.29 is 4.39 Å². The van der Waals surface area contributed by atoms with Crippen LogP contribution in [0.15, 0.2) is 18.2 Å². The predicted octanol–water partition coefficient (Wildman–Crippen LogP) is 2.88. The average Bonchev–Trinajstić information content (AvgIpc) is 2.86. The van der Waals surface area contributed by atoms with Crippen molar-refractivity contribution in [2.45, 2.75) is 38.1 Å². The number of hydrogen-bond donors (Lipinski definition) is 2. The number of rotatable bonds is 2. The highest BCUT2D eigenvalue weighted by Gasteiger charge is 2.35. The lowest BCUT2D eigenvalue weighted by Crippen LogP contribution is -2.43. The maximum atomic E-state index is 13.4. The van der Waals surface area contributed by atoms with E-state index >= 15 is 0 Å². The van der Waals surface area contributed by atoms with E-state index < -0.39 is 0 Å². The Morgan fingerprint density at radius 3 is 2.84 bits per heavy atom. The summed E-state index contributed by atoms with van der Waals surface area (Å²) < 4.78 is 13.4. The molecule has 1 aliphatic carbocycles. The Morgan fingerprint density at radius 1 is 1.26 bits per heavy atom. The second-order valence-corrected chi connectivity index (χ2v) is 5.67. The molecule has 0 radical (unpaired) electrons. The van der Waals surface area contributed by atoms with Crippen LogP contribution in [0.1, 0.15) is 37.7 Å². The average molecular weight is 261 g/mol. The lowest BCUT2D eigenvalue weighted by molar-refractivity contribution is 0.362. The number of piperidine rings is 1. The van der Waals surface area contributed by atoms with E-state index in [0.29, 0.717) is 11.6 Å². The first-order chi connectivity index (χ1) is 9.16. The van der Waals surface area contributed by atoms with Crippen molar-refractivity contribution in [3.8, 4) is 0 Å². The molecular weight excluding hydrogens is 241 g/mol. The summed E-state index contributed by atoms with van der Waals surface area (Å²) in [6, 6.07) is 5.20. The lowest BCUT2D eigenvalue weighted by Gasteiger charge is -2.40. The molecule has 1 saturated heterocycles. The first-order valence-corrected chi connectivity index (χ1v) is 7.07. The number of anilines is 1. The van der Waals surface area contributed by atoms with Crippen molar-refractivity contribution in [3.63, 3.8) is 0 Å². The molecule has 4 heteroatoms. The minimum absolute atomic E-state index is 0.0466. The molecule has 3 rings (SSSR count). The molecule has 1 aliphatic heterocycles. The Balaban J connectivity index is 1.98. The number of nitrogens with zero attached hydrogens (tertiary/aromatic N) is 1. The van der Waals surface area contributed by atoms with Crippen molar-refractivity contribution in [3.05, 3.63) is 29.6 Å². The zero-order valence-electron chi connectivity index (χ0n) is 11.0. The van der Waals surface area contributed by atoms with Crippen molar-refractivity contribution in [2.24, 2.45) is 11.7 Å². The van der Waals surface area contributed by atoms with Gasteiger partial charge in [-0.2, -0.15) is 0 Å². The lowest BCUT2D eigenvalue weighted by atomic mass is 9.91. The SMILES string of the molecule is N=C(N)c1cc(F)ccc1N1CCCC2CCCC21. The molecule has 1 aromatic rings. The van der Waals surface area contributed by atoms with Crippen LogP contribution in [0.25, 0.3) is 0 Å². The Morgan fingerprint density at radius 2 is 2.05 bits per heavy atom. The van der Waals surface area contributed by atoms with Gasteiger partial charge >= 0.3 is 0 Å². The fourth-order valence-electron chi connectivity index (χ4n) is 3.73. The maximum Gasteiger partial charge on any atom is 0.125 e. The van der Waals surface area contributed by atoms with Crippen LogP contribution in [0, 0.1) is 17.1 Å². The third-order valence-electron chi connectivity index (χ3n) is 4.55. The van der Waals surface area contributed by atoms with E-state index in [-0.39, 0.29) is 11.7 Å². The van der Waals surface area contributed by atoms with Gasteiger partial charge in [0, 0.05) is 23.8 Å². The molecule has 3 N–H and O–H groups in total. The number of fused-ring (bicyclic) bond motifs is 1. The summed E-state index contributed by atoms with van der Waals surface area (Å²) >= 11 is 0.